The number of nitrogens with one attached hydrogen (secondary N) is 1. The number of ether oxygens (including phenoxy) is 2. The standard InChI is InChI=1S/C22H24FN3O3/c1-14(2)20-18(13-25-26(20)17-10-8-16(23)9-11-17)22(27)24-12-15-6-5-7-19(28-3)21(15)29-4/h5-11,13-14H,12H2,1-4H3,(H,24,27). The predicted octanol–water partition coefficient (Wildman–Crippen LogP) is 4.08. The quantitative estimate of drug-likeness (QED) is 0.652. The second-order valence-corrected chi connectivity index (χ2v) is 6.82. The lowest BCUT2D eigenvalue weighted by Gasteiger charge is -2.15. The smallest absolute Gasteiger partial charge is 0.255 e. The number of methoxy groups -OCH3 is 2. The van der Waals surface area contributed by atoms with Gasteiger partial charge in [-0.3, -0.25) is 4.79 Å². The van der Waals surface area contributed by atoms with Gasteiger partial charge in [0.05, 0.1) is 37.4 Å². The maximum absolute atomic E-state index is 13.3. The molecule has 0 bridgehead atoms. The van der Waals surface area contributed by atoms with E-state index in [1.807, 2.05) is 26.0 Å². The molecule has 0 saturated carbocycles. The van der Waals surface area contributed by atoms with Crippen molar-refractivity contribution >= 4 is 5.91 Å². The number of amides is 1. The van der Waals surface area contributed by atoms with Gasteiger partial charge in [-0.05, 0) is 36.2 Å². The zero-order valence-corrected chi connectivity index (χ0v) is 16.9. The molecular weight excluding hydrogens is 373 g/mol. The molecule has 152 valence electrons. The average Bonchev–Trinajstić information content (AvgIpc) is 3.17. The number of aromatic nitrogens is 2. The van der Waals surface area contributed by atoms with E-state index in [9.17, 15) is 9.18 Å². The highest BCUT2D eigenvalue weighted by molar-refractivity contribution is 5.95. The Labute approximate surface area is 169 Å². The minimum atomic E-state index is -0.322. The molecule has 0 aliphatic rings. The summed E-state index contributed by atoms with van der Waals surface area (Å²) in [6.45, 7) is 4.25. The van der Waals surface area contributed by atoms with Crippen LogP contribution >= 0.6 is 0 Å². The van der Waals surface area contributed by atoms with Crippen LogP contribution in [0.2, 0.25) is 0 Å². The van der Waals surface area contributed by atoms with Gasteiger partial charge >= 0.3 is 0 Å². The molecule has 0 atom stereocenters. The van der Waals surface area contributed by atoms with Crippen LogP contribution in [0.1, 0.15) is 41.4 Å². The SMILES string of the molecule is COc1cccc(CNC(=O)c2cnn(-c3ccc(F)cc3)c2C(C)C)c1OC. The van der Waals surface area contributed by atoms with Gasteiger partial charge in [0.2, 0.25) is 0 Å². The van der Waals surface area contributed by atoms with Crippen LogP contribution in [0.4, 0.5) is 4.39 Å². The monoisotopic (exact) mass is 397 g/mol. The van der Waals surface area contributed by atoms with Gasteiger partial charge in [-0.25, -0.2) is 9.07 Å². The summed E-state index contributed by atoms with van der Waals surface area (Å²) < 4.78 is 25.6. The molecule has 29 heavy (non-hydrogen) atoms. The van der Waals surface area contributed by atoms with Gasteiger partial charge < -0.3 is 14.8 Å². The Morgan fingerprint density at radius 3 is 2.48 bits per heavy atom. The summed E-state index contributed by atoms with van der Waals surface area (Å²) in [6.07, 6.45) is 1.54. The van der Waals surface area contributed by atoms with E-state index in [2.05, 4.69) is 10.4 Å². The Hall–Kier alpha value is -3.35. The normalized spacial score (nSPS) is 10.8. The molecular formula is C22H24FN3O3. The third-order valence-electron chi connectivity index (χ3n) is 4.59. The average molecular weight is 397 g/mol. The Balaban J connectivity index is 1.86. The molecule has 1 amide bonds. The molecule has 3 rings (SSSR count). The fourth-order valence-electron chi connectivity index (χ4n) is 3.24. The summed E-state index contributed by atoms with van der Waals surface area (Å²) in [7, 11) is 3.13. The fourth-order valence-corrected chi connectivity index (χ4v) is 3.24. The molecule has 0 aliphatic heterocycles. The number of hydrogen-bond donors (Lipinski definition) is 1. The number of hydrogen-bond acceptors (Lipinski definition) is 4. The van der Waals surface area contributed by atoms with Gasteiger partial charge in [0.15, 0.2) is 11.5 Å². The van der Waals surface area contributed by atoms with Crippen molar-refractivity contribution in [3.05, 3.63) is 71.3 Å². The molecule has 7 heteroatoms. The summed E-state index contributed by atoms with van der Waals surface area (Å²) in [5.74, 6) is 0.659. The first-order valence-corrected chi connectivity index (χ1v) is 9.28. The Morgan fingerprint density at radius 2 is 1.86 bits per heavy atom. The van der Waals surface area contributed by atoms with E-state index in [0.717, 1.165) is 11.3 Å². The largest absolute Gasteiger partial charge is 0.493 e. The zero-order valence-electron chi connectivity index (χ0n) is 16.9. The van der Waals surface area contributed by atoms with E-state index in [4.69, 9.17) is 9.47 Å². The lowest BCUT2D eigenvalue weighted by Crippen LogP contribution is -2.24. The van der Waals surface area contributed by atoms with E-state index in [0.29, 0.717) is 22.7 Å². The molecule has 0 saturated heterocycles. The third kappa shape index (κ3) is 4.23. The summed E-state index contributed by atoms with van der Waals surface area (Å²) in [6, 6.07) is 11.5. The summed E-state index contributed by atoms with van der Waals surface area (Å²) in [5, 5.41) is 7.29. The van der Waals surface area contributed by atoms with Gasteiger partial charge in [0, 0.05) is 12.1 Å². The van der Waals surface area contributed by atoms with Crippen molar-refractivity contribution in [2.75, 3.05) is 14.2 Å². The molecule has 3 aromatic rings. The van der Waals surface area contributed by atoms with Crippen molar-refractivity contribution in [1.29, 1.82) is 0 Å². The summed E-state index contributed by atoms with van der Waals surface area (Å²) in [4.78, 5) is 12.9. The minimum absolute atomic E-state index is 0.0367. The van der Waals surface area contributed by atoms with Crippen LogP contribution in [-0.2, 0) is 6.54 Å². The highest BCUT2D eigenvalue weighted by atomic mass is 19.1. The van der Waals surface area contributed by atoms with Crippen LogP contribution in [0.3, 0.4) is 0 Å². The highest BCUT2D eigenvalue weighted by Crippen LogP contribution is 2.30. The number of carbonyl (C=O) groups excluding carboxylic acids is 1. The molecule has 2 aromatic carbocycles. The molecule has 1 N–H and O–H groups in total. The number of para-hydroxylation sites is 1. The van der Waals surface area contributed by atoms with E-state index in [1.165, 1.54) is 18.3 Å². The second kappa shape index (κ2) is 8.77. The van der Waals surface area contributed by atoms with Crippen molar-refractivity contribution < 1.29 is 18.7 Å². The predicted molar refractivity (Wildman–Crippen MR) is 108 cm³/mol. The van der Waals surface area contributed by atoms with E-state index in [1.54, 1.807) is 37.1 Å². The van der Waals surface area contributed by atoms with Crippen LogP contribution in [0.15, 0.2) is 48.7 Å². The number of benzene rings is 2. The first-order valence-electron chi connectivity index (χ1n) is 9.28. The number of carbonyl (C=O) groups is 1. The van der Waals surface area contributed by atoms with Crippen molar-refractivity contribution in [1.82, 2.24) is 15.1 Å². The van der Waals surface area contributed by atoms with E-state index < -0.39 is 0 Å². The Bertz CT molecular complexity index is 997. The van der Waals surface area contributed by atoms with Gasteiger partial charge in [-0.2, -0.15) is 5.10 Å². The topological polar surface area (TPSA) is 65.4 Å². The van der Waals surface area contributed by atoms with Crippen molar-refractivity contribution in [3.8, 4) is 17.2 Å². The first kappa shape index (κ1) is 20.4. The fraction of sp³-hybridized carbons (Fsp3) is 0.273. The number of halogens is 1. The summed E-state index contributed by atoms with van der Waals surface area (Å²) in [5.41, 5.74) is 2.73. The van der Waals surface area contributed by atoms with Crippen LogP contribution < -0.4 is 14.8 Å². The van der Waals surface area contributed by atoms with Crippen LogP contribution in [-0.4, -0.2) is 29.9 Å². The van der Waals surface area contributed by atoms with Crippen molar-refractivity contribution in [2.24, 2.45) is 0 Å². The van der Waals surface area contributed by atoms with Gasteiger partial charge in [-0.15, -0.1) is 0 Å². The van der Waals surface area contributed by atoms with E-state index in [-0.39, 0.29) is 24.2 Å². The maximum Gasteiger partial charge on any atom is 0.255 e. The molecule has 0 unspecified atom stereocenters. The zero-order chi connectivity index (χ0) is 21.0. The summed E-state index contributed by atoms with van der Waals surface area (Å²) >= 11 is 0. The maximum atomic E-state index is 13.3. The number of nitrogens with zero attached hydrogens (tertiary/aromatic N) is 2. The third-order valence-corrected chi connectivity index (χ3v) is 4.59. The van der Waals surface area contributed by atoms with Crippen molar-refractivity contribution in [2.45, 2.75) is 26.3 Å². The lowest BCUT2D eigenvalue weighted by atomic mass is 10.0. The molecule has 0 radical (unpaired) electrons. The van der Waals surface area contributed by atoms with Gasteiger partial charge in [-0.1, -0.05) is 26.0 Å². The van der Waals surface area contributed by atoms with Crippen LogP contribution in [0.25, 0.3) is 5.69 Å². The van der Waals surface area contributed by atoms with Crippen LogP contribution in [0, 0.1) is 5.82 Å². The van der Waals surface area contributed by atoms with E-state index >= 15 is 0 Å². The molecule has 0 fully saturated rings. The molecule has 0 aliphatic carbocycles. The lowest BCUT2D eigenvalue weighted by molar-refractivity contribution is 0.0949. The van der Waals surface area contributed by atoms with Crippen molar-refractivity contribution in [3.63, 3.8) is 0 Å². The molecule has 1 aromatic heterocycles. The molecule has 0 spiro atoms. The Morgan fingerprint density at radius 1 is 1.14 bits per heavy atom. The van der Waals surface area contributed by atoms with Crippen LogP contribution in [0.5, 0.6) is 11.5 Å². The number of rotatable bonds is 7. The first-order chi connectivity index (χ1) is 14.0. The Kier molecular flexibility index (Phi) is 6.16. The highest BCUT2D eigenvalue weighted by Gasteiger charge is 2.21. The van der Waals surface area contributed by atoms with Gasteiger partial charge in [0.25, 0.3) is 5.91 Å². The second-order valence-electron chi connectivity index (χ2n) is 6.82. The molecule has 6 nitrogen and oxygen atoms in total. The van der Waals surface area contributed by atoms with Gasteiger partial charge in [0.1, 0.15) is 5.82 Å². The minimum Gasteiger partial charge on any atom is -0.493 e. The molecule has 1 heterocycles.